The number of pyridine rings is 1. The molecule has 3 aromatic rings. The second-order valence-electron chi connectivity index (χ2n) is 8.37. The maximum absolute atomic E-state index is 13.6. The predicted octanol–water partition coefficient (Wildman–Crippen LogP) is 3.64. The second-order valence-corrected chi connectivity index (χ2v) is 10.7. The van der Waals surface area contributed by atoms with Crippen LogP contribution in [0.5, 0.6) is 0 Å². The number of hydrogen-bond acceptors (Lipinski definition) is 5. The van der Waals surface area contributed by atoms with Crippen molar-refractivity contribution in [2.24, 2.45) is 0 Å². The number of sulfonamides is 1. The van der Waals surface area contributed by atoms with Crippen molar-refractivity contribution in [3.63, 3.8) is 0 Å². The molecule has 2 aromatic carbocycles. The van der Waals surface area contributed by atoms with E-state index in [2.05, 4.69) is 4.90 Å². The minimum absolute atomic E-state index is 0.0986. The summed E-state index contributed by atoms with van der Waals surface area (Å²) in [5.74, 6) is 0.618. The molecule has 1 amide bonds. The highest BCUT2D eigenvalue weighted by molar-refractivity contribution is 7.89. The van der Waals surface area contributed by atoms with E-state index in [1.807, 2.05) is 30.3 Å². The van der Waals surface area contributed by atoms with Gasteiger partial charge in [0.15, 0.2) is 0 Å². The summed E-state index contributed by atoms with van der Waals surface area (Å²) in [6.07, 6.45) is 2.17. The second kappa shape index (κ2) is 8.93. The van der Waals surface area contributed by atoms with Gasteiger partial charge in [-0.15, -0.1) is 0 Å². The summed E-state index contributed by atoms with van der Waals surface area (Å²) in [7, 11) is -3.71. The summed E-state index contributed by atoms with van der Waals surface area (Å²) in [6.45, 7) is 2.84. The Morgan fingerprint density at radius 2 is 1.55 bits per heavy atom. The van der Waals surface area contributed by atoms with E-state index in [0.29, 0.717) is 18.7 Å². The third-order valence-electron chi connectivity index (χ3n) is 6.32. The first-order valence-electron chi connectivity index (χ1n) is 11.1. The van der Waals surface area contributed by atoms with Gasteiger partial charge in [-0.3, -0.25) is 4.79 Å². The van der Waals surface area contributed by atoms with Crippen LogP contribution in [0.25, 0.3) is 10.9 Å². The summed E-state index contributed by atoms with van der Waals surface area (Å²) < 4.78 is 27.5. The number of benzene rings is 2. The molecule has 0 aliphatic carbocycles. The number of nitrogens with zero attached hydrogens (tertiary/aromatic N) is 4. The molecule has 172 valence electrons. The number of para-hydroxylation sites is 1. The van der Waals surface area contributed by atoms with E-state index in [4.69, 9.17) is 16.6 Å². The maximum Gasteiger partial charge on any atom is 0.257 e. The molecular formula is C24H25ClN4O3S. The molecule has 2 saturated heterocycles. The van der Waals surface area contributed by atoms with Gasteiger partial charge in [0, 0.05) is 44.7 Å². The number of halogens is 1. The van der Waals surface area contributed by atoms with Crippen LogP contribution in [0.2, 0.25) is 5.02 Å². The van der Waals surface area contributed by atoms with Crippen LogP contribution in [0.15, 0.2) is 59.5 Å². The SMILES string of the molecule is O=C(c1cc2ccccc2nc1N1CCCC1)N1CCN(S(=O)(=O)c2ccccc2Cl)CC1. The van der Waals surface area contributed by atoms with Gasteiger partial charge in [0.05, 0.1) is 16.1 Å². The molecule has 33 heavy (non-hydrogen) atoms. The first-order chi connectivity index (χ1) is 15.9. The molecule has 0 bridgehead atoms. The average Bonchev–Trinajstić information content (AvgIpc) is 3.38. The Morgan fingerprint density at radius 1 is 0.879 bits per heavy atom. The fraction of sp³-hybridized carbons (Fsp3) is 0.333. The summed E-state index contributed by atoms with van der Waals surface area (Å²) >= 11 is 6.13. The Balaban J connectivity index is 1.39. The molecule has 5 rings (SSSR count). The molecule has 0 spiro atoms. The zero-order chi connectivity index (χ0) is 23.0. The number of aromatic nitrogens is 1. The summed E-state index contributed by atoms with van der Waals surface area (Å²) in [5, 5.41) is 1.12. The van der Waals surface area contributed by atoms with Gasteiger partial charge in [-0.1, -0.05) is 41.9 Å². The van der Waals surface area contributed by atoms with E-state index in [1.165, 1.54) is 10.4 Å². The summed E-state index contributed by atoms with van der Waals surface area (Å²) in [4.78, 5) is 22.4. The fourth-order valence-electron chi connectivity index (χ4n) is 4.53. The van der Waals surface area contributed by atoms with Gasteiger partial charge in [-0.05, 0) is 37.1 Å². The summed E-state index contributed by atoms with van der Waals surface area (Å²) in [6, 6.07) is 16.2. The van der Waals surface area contributed by atoms with E-state index >= 15 is 0 Å². The Hall–Kier alpha value is -2.68. The summed E-state index contributed by atoms with van der Waals surface area (Å²) in [5.41, 5.74) is 1.45. The van der Waals surface area contributed by atoms with Gasteiger partial charge in [0.2, 0.25) is 10.0 Å². The van der Waals surface area contributed by atoms with Crippen LogP contribution in [0, 0.1) is 0 Å². The van der Waals surface area contributed by atoms with Crippen LogP contribution in [0.3, 0.4) is 0 Å². The number of hydrogen-bond donors (Lipinski definition) is 0. The third-order valence-corrected chi connectivity index (χ3v) is 8.72. The quantitative estimate of drug-likeness (QED) is 0.565. The van der Waals surface area contributed by atoms with Gasteiger partial charge in [-0.25, -0.2) is 13.4 Å². The number of carbonyl (C=O) groups excluding carboxylic acids is 1. The third kappa shape index (κ3) is 4.18. The number of fused-ring (bicyclic) bond motifs is 1. The van der Waals surface area contributed by atoms with Gasteiger partial charge >= 0.3 is 0 Å². The van der Waals surface area contributed by atoms with E-state index < -0.39 is 10.0 Å². The van der Waals surface area contributed by atoms with Crippen molar-refractivity contribution in [3.8, 4) is 0 Å². The predicted molar refractivity (Wildman–Crippen MR) is 129 cm³/mol. The maximum atomic E-state index is 13.6. The molecule has 0 N–H and O–H groups in total. The van der Waals surface area contributed by atoms with Crippen LogP contribution in [-0.4, -0.2) is 67.8 Å². The minimum atomic E-state index is -3.71. The first-order valence-corrected chi connectivity index (χ1v) is 13.0. The van der Waals surface area contributed by atoms with Crippen molar-refractivity contribution in [2.45, 2.75) is 17.7 Å². The van der Waals surface area contributed by atoms with Crippen LogP contribution in [0.4, 0.5) is 5.82 Å². The molecule has 0 unspecified atom stereocenters. The van der Waals surface area contributed by atoms with E-state index in [-0.39, 0.29) is 28.9 Å². The van der Waals surface area contributed by atoms with Crippen molar-refractivity contribution in [2.75, 3.05) is 44.2 Å². The fourth-order valence-corrected chi connectivity index (χ4v) is 6.44. The number of piperazine rings is 1. The smallest absolute Gasteiger partial charge is 0.257 e. The van der Waals surface area contributed by atoms with Crippen LogP contribution in [-0.2, 0) is 10.0 Å². The number of amides is 1. The molecule has 0 saturated carbocycles. The van der Waals surface area contributed by atoms with Crippen LogP contribution >= 0.6 is 11.6 Å². The molecule has 9 heteroatoms. The van der Waals surface area contributed by atoms with Crippen molar-refractivity contribution >= 4 is 44.3 Å². The highest BCUT2D eigenvalue weighted by Crippen LogP contribution is 2.29. The molecule has 3 heterocycles. The van der Waals surface area contributed by atoms with Crippen LogP contribution in [0.1, 0.15) is 23.2 Å². The Labute approximate surface area is 198 Å². The van der Waals surface area contributed by atoms with Crippen molar-refractivity contribution in [1.82, 2.24) is 14.2 Å². The highest BCUT2D eigenvalue weighted by Gasteiger charge is 2.33. The van der Waals surface area contributed by atoms with Crippen molar-refractivity contribution in [3.05, 3.63) is 65.2 Å². The lowest BCUT2D eigenvalue weighted by Crippen LogP contribution is -2.50. The molecule has 0 atom stereocenters. The Morgan fingerprint density at radius 3 is 2.27 bits per heavy atom. The average molecular weight is 485 g/mol. The number of carbonyl (C=O) groups is 1. The lowest BCUT2D eigenvalue weighted by Gasteiger charge is -2.34. The van der Waals surface area contributed by atoms with Crippen LogP contribution < -0.4 is 4.90 Å². The van der Waals surface area contributed by atoms with Gasteiger partial charge in [0.1, 0.15) is 10.7 Å². The zero-order valence-corrected chi connectivity index (χ0v) is 19.7. The first kappa shape index (κ1) is 22.1. The normalized spacial score (nSPS) is 17.6. The standard InChI is InChI=1S/C24H25ClN4O3S/c25-20-8-2-4-10-22(20)33(31,32)29-15-13-28(14-16-29)24(30)19-17-18-7-1-3-9-21(18)26-23(19)27-11-5-6-12-27/h1-4,7-10,17H,5-6,11-16H2. The van der Waals surface area contributed by atoms with Crippen molar-refractivity contribution in [1.29, 1.82) is 0 Å². The highest BCUT2D eigenvalue weighted by atomic mass is 35.5. The van der Waals surface area contributed by atoms with Gasteiger partial charge in [0.25, 0.3) is 5.91 Å². The number of anilines is 1. The number of rotatable bonds is 4. The molecule has 1 aromatic heterocycles. The van der Waals surface area contributed by atoms with E-state index in [1.54, 1.807) is 23.1 Å². The topological polar surface area (TPSA) is 73.8 Å². The van der Waals surface area contributed by atoms with Crippen molar-refractivity contribution < 1.29 is 13.2 Å². The molecule has 2 aliphatic heterocycles. The van der Waals surface area contributed by atoms with Gasteiger partial charge < -0.3 is 9.80 Å². The Bertz CT molecular complexity index is 1300. The minimum Gasteiger partial charge on any atom is -0.356 e. The lowest BCUT2D eigenvalue weighted by molar-refractivity contribution is 0.0698. The lowest BCUT2D eigenvalue weighted by atomic mass is 10.1. The largest absolute Gasteiger partial charge is 0.356 e. The molecule has 7 nitrogen and oxygen atoms in total. The molecular weight excluding hydrogens is 460 g/mol. The van der Waals surface area contributed by atoms with E-state index in [0.717, 1.165) is 42.7 Å². The van der Waals surface area contributed by atoms with E-state index in [9.17, 15) is 13.2 Å². The Kier molecular flexibility index (Phi) is 5.99. The monoisotopic (exact) mass is 484 g/mol. The molecule has 0 radical (unpaired) electrons. The van der Waals surface area contributed by atoms with Gasteiger partial charge in [-0.2, -0.15) is 4.31 Å². The molecule has 2 aliphatic rings. The molecule has 2 fully saturated rings. The zero-order valence-electron chi connectivity index (χ0n) is 18.2.